The maximum atomic E-state index is 10.7. The molecule has 1 aromatic carbocycles. The van der Waals surface area contributed by atoms with Crippen LogP contribution in [0.1, 0.15) is 10.4 Å². The van der Waals surface area contributed by atoms with E-state index in [9.17, 15) is 4.79 Å². The van der Waals surface area contributed by atoms with Crippen LogP contribution in [0.5, 0.6) is 5.75 Å². The summed E-state index contributed by atoms with van der Waals surface area (Å²) in [5, 5.41) is 0. The van der Waals surface area contributed by atoms with E-state index in [1.54, 1.807) is 24.3 Å². The Balaban J connectivity index is 2.64. The fraction of sp³-hybridized carbons (Fsp3) is 0.222. The van der Waals surface area contributed by atoms with Gasteiger partial charge < -0.3 is 16.2 Å². The Morgan fingerprint density at radius 1 is 1.31 bits per heavy atom. The highest BCUT2D eigenvalue weighted by Gasteiger charge is 1.99. The number of primary amides is 1. The van der Waals surface area contributed by atoms with Crippen LogP contribution < -0.4 is 16.2 Å². The summed E-state index contributed by atoms with van der Waals surface area (Å²) in [6, 6.07) is 6.62. The number of nitrogens with two attached hydrogens (primary N) is 2. The Morgan fingerprint density at radius 3 is 2.38 bits per heavy atom. The van der Waals surface area contributed by atoms with Crippen LogP contribution in [0.25, 0.3) is 0 Å². The lowest BCUT2D eigenvalue weighted by Gasteiger charge is -2.03. The topological polar surface area (TPSA) is 78.3 Å². The molecule has 1 amide bonds. The lowest BCUT2D eigenvalue weighted by atomic mass is 10.2. The van der Waals surface area contributed by atoms with Crippen LogP contribution in [0.4, 0.5) is 0 Å². The third-order valence-electron chi connectivity index (χ3n) is 1.53. The zero-order chi connectivity index (χ0) is 9.68. The van der Waals surface area contributed by atoms with E-state index < -0.39 is 5.91 Å². The summed E-state index contributed by atoms with van der Waals surface area (Å²) >= 11 is 0. The van der Waals surface area contributed by atoms with Crippen LogP contribution in [0.2, 0.25) is 0 Å². The number of rotatable bonds is 4. The van der Waals surface area contributed by atoms with E-state index >= 15 is 0 Å². The van der Waals surface area contributed by atoms with Crippen LogP contribution in [-0.2, 0) is 0 Å². The summed E-state index contributed by atoms with van der Waals surface area (Å²) in [6.45, 7) is 0.938. The predicted octanol–water partition coefficient (Wildman–Crippen LogP) is 0.123. The van der Waals surface area contributed by atoms with Gasteiger partial charge in [0, 0.05) is 12.1 Å². The number of carbonyl (C=O) groups is 1. The quantitative estimate of drug-likeness (QED) is 0.691. The number of ether oxygens (including phenoxy) is 1. The van der Waals surface area contributed by atoms with Crippen molar-refractivity contribution in [3.8, 4) is 5.75 Å². The smallest absolute Gasteiger partial charge is 0.248 e. The molecule has 1 aromatic rings. The zero-order valence-electron chi connectivity index (χ0n) is 7.19. The van der Waals surface area contributed by atoms with Gasteiger partial charge in [0.05, 0.1) is 0 Å². The van der Waals surface area contributed by atoms with Crippen molar-refractivity contribution in [2.45, 2.75) is 0 Å². The monoisotopic (exact) mass is 180 g/mol. The second-order valence-electron chi connectivity index (χ2n) is 2.53. The number of hydrogen-bond donors (Lipinski definition) is 2. The molecule has 0 fully saturated rings. The van der Waals surface area contributed by atoms with Gasteiger partial charge in [-0.2, -0.15) is 0 Å². The molecule has 13 heavy (non-hydrogen) atoms. The van der Waals surface area contributed by atoms with E-state index in [4.69, 9.17) is 16.2 Å². The van der Waals surface area contributed by atoms with E-state index in [-0.39, 0.29) is 0 Å². The van der Waals surface area contributed by atoms with Gasteiger partial charge in [0.15, 0.2) is 0 Å². The van der Waals surface area contributed by atoms with Gasteiger partial charge >= 0.3 is 0 Å². The highest BCUT2D eigenvalue weighted by atomic mass is 16.5. The molecule has 4 heteroatoms. The normalized spacial score (nSPS) is 9.62. The Labute approximate surface area is 76.5 Å². The fourth-order valence-electron chi connectivity index (χ4n) is 0.892. The minimum atomic E-state index is -0.439. The SMILES string of the molecule is NCCOc1ccc(C(N)=O)cc1. The molecule has 1 rings (SSSR count). The molecular formula is C9H12N2O2. The molecule has 0 radical (unpaired) electrons. The maximum absolute atomic E-state index is 10.7. The van der Waals surface area contributed by atoms with Crippen molar-refractivity contribution in [1.29, 1.82) is 0 Å². The Morgan fingerprint density at radius 2 is 1.92 bits per heavy atom. The number of carbonyl (C=O) groups excluding carboxylic acids is 1. The van der Waals surface area contributed by atoms with E-state index in [1.165, 1.54) is 0 Å². The van der Waals surface area contributed by atoms with E-state index in [0.29, 0.717) is 24.5 Å². The average Bonchev–Trinajstić information content (AvgIpc) is 2.15. The van der Waals surface area contributed by atoms with Crippen LogP contribution in [0, 0.1) is 0 Å². The van der Waals surface area contributed by atoms with Crippen LogP contribution in [0.15, 0.2) is 24.3 Å². The first-order valence-electron chi connectivity index (χ1n) is 3.97. The molecule has 0 saturated carbocycles. The van der Waals surface area contributed by atoms with Crippen molar-refractivity contribution in [1.82, 2.24) is 0 Å². The standard InChI is InChI=1S/C9H12N2O2/c10-5-6-13-8-3-1-7(2-4-8)9(11)12/h1-4H,5-6,10H2,(H2,11,12). The van der Waals surface area contributed by atoms with Gasteiger partial charge in [-0.15, -0.1) is 0 Å². The minimum Gasteiger partial charge on any atom is -0.492 e. The van der Waals surface area contributed by atoms with Crippen molar-refractivity contribution >= 4 is 5.91 Å². The first-order valence-corrected chi connectivity index (χ1v) is 3.97. The van der Waals surface area contributed by atoms with Crippen molar-refractivity contribution in [2.24, 2.45) is 11.5 Å². The number of hydrogen-bond acceptors (Lipinski definition) is 3. The molecular weight excluding hydrogens is 168 g/mol. The van der Waals surface area contributed by atoms with Crippen molar-refractivity contribution in [2.75, 3.05) is 13.2 Å². The number of amides is 1. The summed E-state index contributed by atoms with van der Waals surface area (Å²) in [7, 11) is 0. The molecule has 0 aliphatic carbocycles. The molecule has 0 aliphatic rings. The summed E-state index contributed by atoms with van der Waals surface area (Å²) in [5.74, 6) is 0.251. The molecule has 4 nitrogen and oxygen atoms in total. The van der Waals surface area contributed by atoms with Crippen LogP contribution in [-0.4, -0.2) is 19.1 Å². The van der Waals surface area contributed by atoms with Crippen molar-refractivity contribution < 1.29 is 9.53 Å². The van der Waals surface area contributed by atoms with Gasteiger partial charge in [0.2, 0.25) is 5.91 Å². The van der Waals surface area contributed by atoms with Gasteiger partial charge in [-0.25, -0.2) is 0 Å². The van der Waals surface area contributed by atoms with E-state index in [0.717, 1.165) is 0 Å². The minimum absolute atomic E-state index is 0.439. The maximum Gasteiger partial charge on any atom is 0.248 e. The number of benzene rings is 1. The van der Waals surface area contributed by atoms with Gasteiger partial charge in [0.1, 0.15) is 12.4 Å². The van der Waals surface area contributed by atoms with Gasteiger partial charge in [-0.05, 0) is 24.3 Å². The summed E-state index contributed by atoms with van der Waals surface area (Å²) in [6.07, 6.45) is 0. The zero-order valence-corrected chi connectivity index (χ0v) is 7.19. The molecule has 0 heterocycles. The second-order valence-corrected chi connectivity index (χ2v) is 2.53. The highest BCUT2D eigenvalue weighted by molar-refractivity contribution is 5.92. The molecule has 4 N–H and O–H groups in total. The molecule has 0 atom stereocenters. The molecule has 0 spiro atoms. The third-order valence-corrected chi connectivity index (χ3v) is 1.53. The lowest BCUT2D eigenvalue weighted by molar-refractivity contribution is 0.100. The van der Waals surface area contributed by atoms with Crippen LogP contribution >= 0.6 is 0 Å². The lowest BCUT2D eigenvalue weighted by Crippen LogP contribution is -2.12. The first-order chi connectivity index (χ1) is 6.24. The Kier molecular flexibility index (Phi) is 3.28. The summed E-state index contributed by atoms with van der Waals surface area (Å²) in [4.78, 5) is 10.7. The molecule has 0 bridgehead atoms. The average molecular weight is 180 g/mol. The molecule has 0 aromatic heterocycles. The predicted molar refractivity (Wildman–Crippen MR) is 49.5 cm³/mol. The van der Waals surface area contributed by atoms with E-state index in [2.05, 4.69) is 0 Å². The fourth-order valence-corrected chi connectivity index (χ4v) is 0.892. The third kappa shape index (κ3) is 2.76. The second kappa shape index (κ2) is 4.47. The van der Waals surface area contributed by atoms with Crippen molar-refractivity contribution in [3.63, 3.8) is 0 Å². The Bertz CT molecular complexity index is 282. The molecule has 0 unspecified atom stereocenters. The highest BCUT2D eigenvalue weighted by Crippen LogP contribution is 2.11. The molecule has 0 aliphatic heterocycles. The summed E-state index contributed by atoms with van der Waals surface area (Å²) in [5.41, 5.74) is 10.8. The molecule has 70 valence electrons. The van der Waals surface area contributed by atoms with E-state index in [1.807, 2.05) is 0 Å². The van der Waals surface area contributed by atoms with Crippen molar-refractivity contribution in [3.05, 3.63) is 29.8 Å². The van der Waals surface area contributed by atoms with Gasteiger partial charge in [-0.3, -0.25) is 4.79 Å². The summed E-state index contributed by atoms with van der Waals surface area (Å²) < 4.78 is 5.21. The first kappa shape index (κ1) is 9.54. The van der Waals surface area contributed by atoms with Crippen LogP contribution in [0.3, 0.4) is 0 Å². The Hall–Kier alpha value is -1.55. The van der Waals surface area contributed by atoms with Gasteiger partial charge in [0.25, 0.3) is 0 Å². The van der Waals surface area contributed by atoms with Gasteiger partial charge in [-0.1, -0.05) is 0 Å². The largest absolute Gasteiger partial charge is 0.492 e. The molecule has 0 saturated heterocycles.